The zero-order valence-corrected chi connectivity index (χ0v) is 29.2. The molecule has 3 N–H and O–H groups in total. The average Bonchev–Trinajstić information content (AvgIpc) is 3.93. The van der Waals surface area contributed by atoms with Crippen LogP contribution in [0.1, 0.15) is 33.6 Å². The van der Waals surface area contributed by atoms with E-state index in [1.165, 1.54) is 18.3 Å². The van der Waals surface area contributed by atoms with E-state index in [1.807, 2.05) is 12.1 Å². The Bertz CT molecular complexity index is 2260. The van der Waals surface area contributed by atoms with Gasteiger partial charge in [-0.15, -0.1) is 0 Å². The van der Waals surface area contributed by atoms with E-state index in [4.69, 9.17) is 37.3 Å². The number of benzene rings is 2. The molecule has 0 aliphatic carbocycles. The summed E-state index contributed by atoms with van der Waals surface area (Å²) in [6.07, 6.45) is 7.74. The molecule has 4 aromatic heterocycles. The Kier molecular flexibility index (Phi) is 10.2. The molecule has 2 aromatic carbocycles. The summed E-state index contributed by atoms with van der Waals surface area (Å²) in [5.74, 6) is 1.51. The quantitative estimate of drug-likeness (QED) is 0.194. The van der Waals surface area contributed by atoms with Crippen LogP contribution in [0, 0.1) is 34.3 Å². The van der Waals surface area contributed by atoms with Crippen molar-refractivity contribution < 1.29 is 18.3 Å². The van der Waals surface area contributed by atoms with Crippen LogP contribution in [0.4, 0.5) is 14.7 Å². The van der Waals surface area contributed by atoms with Crippen molar-refractivity contribution in [2.24, 2.45) is 5.73 Å². The molecule has 0 saturated carbocycles. The zero-order chi connectivity index (χ0) is 34.7. The SMILES string of the molecule is N#Cc1cn2c(Cl)ncc(Br)c2n1.N#Cc1cn2c(NCc3c(F)ccc4c3CCO4)ncc(Br)c2n1.NCc1c(F)ccc2c1CCO2. The van der Waals surface area contributed by atoms with Gasteiger partial charge >= 0.3 is 0 Å². The number of nitrogens with two attached hydrogens (primary N) is 1. The van der Waals surface area contributed by atoms with Gasteiger partial charge in [-0.25, -0.2) is 28.7 Å². The molecule has 0 atom stereocenters. The van der Waals surface area contributed by atoms with Crippen LogP contribution in [-0.4, -0.2) is 42.0 Å². The van der Waals surface area contributed by atoms with Crippen molar-refractivity contribution in [1.29, 1.82) is 10.5 Å². The second kappa shape index (κ2) is 14.7. The van der Waals surface area contributed by atoms with Gasteiger partial charge in [0.25, 0.3) is 0 Å². The molecular weight excluding hydrogens is 790 g/mol. The molecule has 2 aliphatic rings. The van der Waals surface area contributed by atoms with Crippen LogP contribution >= 0.6 is 43.5 Å². The molecule has 2 aliphatic heterocycles. The van der Waals surface area contributed by atoms with Crippen LogP contribution in [0.15, 0.2) is 58.0 Å². The fraction of sp³-hybridized carbons (Fsp3) is 0.188. The van der Waals surface area contributed by atoms with E-state index in [-0.39, 0.29) is 35.7 Å². The smallest absolute Gasteiger partial charge is 0.209 e. The van der Waals surface area contributed by atoms with E-state index in [0.717, 1.165) is 29.0 Å². The number of ether oxygens (including phenoxy) is 2. The second-order valence-corrected chi connectivity index (χ2v) is 12.5. The van der Waals surface area contributed by atoms with Gasteiger partial charge in [0.05, 0.1) is 28.4 Å². The molecule has 0 spiro atoms. The number of aromatic nitrogens is 6. The number of nitrogens with zero attached hydrogens (tertiary/aromatic N) is 8. The Morgan fingerprint density at radius 3 is 1.94 bits per heavy atom. The van der Waals surface area contributed by atoms with Gasteiger partial charge in [-0.2, -0.15) is 10.5 Å². The van der Waals surface area contributed by atoms with Crippen molar-refractivity contribution >= 4 is 60.7 Å². The van der Waals surface area contributed by atoms with Gasteiger partial charge in [-0.05, 0) is 67.7 Å². The number of nitrogens with one attached hydrogen (secondary N) is 1. The Balaban J connectivity index is 0.000000140. The highest BCUT2D eigenvalue weighted by atomic mass is 79.9. The third-order valence-electron chi connectivity index (χ3n) is 7.59. The highest BCUT2D eigenvalue weighted by Gasteiger charge is 2.20. The van der Waals surface area contributed by atoms with Crippen molar-refractivity contribution in [3.63, 3.8) is 0 Å². The summed E-state index contributed by atoms with van der Waals surface area (Å²) in [5, 5.41) is 21.1. The molecule has 8 rings (SSSR count). The van der Waals surface area contributed by atoms with Crippen molar-refractivity contribution in [3.05, 3.63) is 109 Å². The van der Waals surface area contributed by atoms with Crippen LogP contribution in [0.2, 0.25) is 5.28 Å². The van der Waals surface area contributed by atoms with E-state index in [0.29, 0.717) is 62.6 Å². The topological polar surface area (TPSA) is 164 Å². The van der Waals surface area contributed by atoms with E-state index >= 15 is 0 Å². The van der Waals surface area contributed by atoms with Gasteiger partial charge in [0, 0.05) is 66.8 Å². The lowest BCUT2D eigenvalue weighted by Gasteiger charge is -2.12. The summed E-state index contributed by atoms with van der Waals surface area (Å²) >= 11 is 12.4. The largest absolute Gasteiger partial charge is 0.493 e. The first-order valence-corrected chi connectivity index (χ1v) is 16.5. The molecule has 0 amide bonds. The lowest BCUT2D eigenvalue weighted by molar-refractivity contribution is 0.356. The number of anilines is 1. The molecule has 17 heteroatoms. The fourth-order valence-corrected chi connectivity index (χ4v) is 6.26. The molecule has 0 radical (unpaired) electrons. The number of halogens is 5. The minimum atomic E-state index is -0.275. The van der Waals surface area contributed by atoms with Crippen LogP contribution in [0.25, 0.3) is 11.3 Å². The minimum absolute atomic E-state index is 0.221. The third kappa shape index (κ3) is 7.00. The van der Waals surface area contributed by atoms with Gasteiger partial charge in [-0.3, -0.25) is 8.80 Å². The highest BCUT2D eigenvalue weighted by molar-refractivity contribution is 9.11. The summed E-state index contributed by atoms with van der Waals surface area (Å²) in [7, 11) is 0. The van der Waals surface area contributed by atoms with Crippen molar-refractivity contribution in [2.45, 2.75) is 25.9 Å². The first kappa shape index (κ1) is 34.0. The Morgan fingerprint density at radius 2 is 1.37 bits per heavy atom. The summed E-state index contributed by atoms with van der Waals surface area (Å²) in [6, 6.07) is 10.1. The van der Waals surface area contributed by atoms with Crippen molar-refractivity contribution in [2.75, 3.05) is 18.5 Å². The summed E-state index contributed by atoms with van der Waals surface area (Å²) in [4.78, 5) is 16.4. The molecule has 12 nitrogen and oxygen atoms in total. The lowest BCUT2D eigenvalue weighted by atomic mass is 10.0. The number of rotatable bonds is 4. The molecule has 0 bridgehead atoms. The van der Waals surface area contributed by atoms with Gasteiger partial charge < -0.3 is 20.5 Å². The summed E-state index contributed by atoms with van der Waals surface area (Å²) < 4.78 is 42.7. The van der Waals surface area contributed by atoms with Gasteiger partial charge in [-0.1, -0.05) is 0 Å². The normalized spacial score (nSPS) is 12.4. The number of fused-ring (bicyclic) bond motifs is 4. The van der Waals surface area contributed by atoms with Gasteiger partial charge in [0.1, 0.15) is 35.3 Å². The monoisotopic (exact) mass is 810 g/mol. The molecule has 248 valence electrons. The second-order valence-electron chi connectivity index (χ2n) is 10.4. The van der Waals surface area contributed by atoms with Crippen LogP contribution in [0.3, 0.4) is 0 Å². The molecule has 6 aromatic rings. The van der Waals surface area contributed by atoms with E-state index < -0.39 is 0 Å². The Labute approximate surface area is 299 Å². The highest BCUT2D eigenvalue weighted by Crippen LogP contribution is 2.31. The number of imidazole rings is 2. The molecule has 6 heterocycles. The predicted octanol–water partition coefficient (Wildman–Crippen LogP) is 6.29. The number of nitriles is 2. The van der Waals surface area contributed by atoms with Gasteiger partial charge in [0.2, 0.25) is 11.2 Å². The van der Waals surface area contributed by atoms with E-state index in [2.05, 4.69) is 57.1 Å². The minimum Gasteiger partial charge on any atom is -0.493 e. The van der Waals surface area contributed by atoms with Crippen molar-refractivity contribution in [1.82, 2.24) is 28.7 Å². The average molecular weight is 813 g/mol. The zero-order valence-electron chi connectivity index (χ0n) is 25.2. The van der Waals surface area contributed by atoms with Crippen LogP contribution in [0.5, 0.6) is 11.5 Å². The fourth-order valence-electron chi connectivity index (χ4n) is 5.32. The summed E-state index contributed by atoms with van der Waals surface area (Å²) in [6.45, 7) is 1.73. The molecular formula is C32H23Br2ClF2N10O2. The maximum atomic E-state index is 14.2. The number of hydrogen-bond acceptors (Lipinski definition) is 10. The Hall–Kier alpha value is -4.87. The molecule has 0 saturated heterocycles. The first-order valence-electron chi connectivity index (χ1n) is 14.5. The maximum absolute atomic E-state index is 14.2. The maximum Gasteiger partial charge on any atom is 0.209 e. The summed E-state index contributed by atoms with van der Waals surface area (Å²) in [5.41, 5.74) is 10.2. The van der Waals surface area contributed by atoms with E-state index in [9.17, 15) is 8.78 Å². The van der Waals surface area contributed by atoms with Crippen molar-refractivity contribution in [3.8, 4) is 23.6 Å². The molecule has 0 fully saturated rings. The third-order valence-corrected chi connectivity index (χ3v) is 8.99. The number of hydrogen-bond donors (Lipinski definition) is 2. The van der Waals surface area contributed by atoms with Crippen LogP contribution < -0.4 is 20.5 Å². The first-order chi connectivity index (χ1) is 23.7. The molecule has 49 heavy (non-hydrogen) atoms. The van der Waals surface area contributed by atoms with Crippen LogP contribution in [-0.2, 0) is 25.9 Å². The Morgan fingerprint density at radius 1 is 0.837 bits per heavy atom. The lowest BCUT2D eigenvalue weighted by Crippen LogP contribution is -2.09. The molecule has 0 unspecified atom stereocenters. The van der Waals surface area contributed by atoms with Gasteiger partial charge in [0.15, 0.2) is 22.7 Å². The van der Waals surface area contributed by atoms with E-state index in [1.54, 1.807) is 39.5 Å². The standard InChI is InChI=1S/C16H11BrFN5O.C9H10FNO.C7H2BrClN4/c17-12-7-21-16(23-8-9(5-19)22-15(12)23)20-6-11-10-3-4-24-14(10)2-1-13(11)18;10-8-1-2-9-6(3-4-12-9)7(8)5-11;8-5-2-11-7(9)13-3-4(1-10)12-6(5)13/h1-2,7-8H,3-4,6H2,(H,20,21);1-2H,3-5,11H2;2-3H. The predicted molar refractivity (Wildman–Crippen MR) is 182 cm³/mol.